The average molecular weight is 316 g/mol. The van der Waals surface area contributed by atoms with Crippen LogP contribution < -0.4 is 5.32 Å². The van der Waals surface area contributed by atoms with Crippen LogP contribution in [0.2, 0.25) is 0 Å². The quantitative estimate of drug-likeness (QED) is 0.841. The lowest BCUT2D eigenvalue weighted by Crippen LogP contribution is -2.48. The molecule has 15 heavy (non-hydrogen) atoms. The van der Waals surface area contributed by atoms with Crippen molar-refractivity contribution in [1.29, 1.82) is 0 Å². The first-order valence-electron chi connectivity index (χ1n) is 5.44. The highest BCUT2D eigenvalue weighted by Crippen LogP contribution is 2.11. The van der Waals surface area contributed by atoms with Crippen molar-refractivity contribution in [3.63, 3.8) is 0 Å². The molecular weight excluding hydrogens is 299 g/mol. The summed E-state index contributed by atoms with van der Waals surface area (Å²) >= 11 is 2.37. The van der Waals surface area contributed by atoms with Gasteiger partial charge in [-0.15, -0.1) is 0 Å². The van der Waals surface area contributed by atoms with E-state index in [4.69, 9.17) is 0 Å². The van der Waals surface area contributed by atoms with Gasteiger partial charge in [0.25, 0.3) is 0 Å². The molecule has 1 saturated heterocycles. The summed E-state index contributed by atoms with van der Waals surface area (Å²) in [6.45, 7) is 6.77. The smallest absolute Gasteiger partial charge is 0.0235 e. The lowest BCUT2D eigenvalue weighted by atomic mass is 10.2. The van der Waals surface area contributed by atoms with Crippen LogP contribution in [0, 0.1) is 3.57 Å². The molecule has 0 aromatic heterocycles. The van der Waals surface area contributed by atoms with E-state index in [0.29, 0.717) is 6.04 Å². The molecule has 0 bridgehead atoms. The Balaban J connectivity index is 1.96. The zero-order valence-corrected chi connectivity index (χ0v) is 11.2. The average Bonchev–Trinajstić information content (AvgIpc) is 2.17. The minimum atomic E-state index is 0.626. The van der Waals surface area contributed by atoms with Gasteiger partial charge in [-0.25, -0.2) is 0 Å². The number of nitrogens with zero attached hydrogens (tertiary/aromatic N) is 1. The number of piperazine rings is 1. The van der Waals surface area contributed by atoms with Gasteiger partial charge in [-0.05, 0) is 47.2 Å². The second-order valence-corrected chi connectivity index (χ2v) is 5.47. The molecule has 82 valence electrons. The van der Waals surface area contributed by atoms with Gasteiger partial charge in [-0.3, -0.25) is 4.90 Å². The molecule has 1 aromatic carbocycles. The van der Waals surface area contributed by atoms with Crippen molar-refractivity contribution >= 4 is 22.6 Å². The molecule has 2 nitrogen and oxygen atoms in total. The summed E-state index contributed by atoms with van der Waals surface area (Å²) in [5, 5.41) is 3.47. The zero-order chi connectivity index (χ0) is 10.7. The minimum absolute atomic E-state index is 0.626. The van der Waals surface area contributed by atoms with Crippen LogP contribution in [0.1, 0.15) is 12.5 Å². The maximum absolute atomic E-state index is 3.47. The molecule has 1 heterocycles. The van der Waals surface area contributed by atoms with E-state index in [1.165, 1.54) is 9.13 Å². The van der Waals surface area contributed by atoms with Gasteiger partial charge in [0.1, 0.15) is 0 Å². The van der Waals surface area contributed by atoms with Crippen molar-refractivity contribution in [2.24, 2.45) is 0 Å². The lowest BCUT2D eigenvalue weighted by Gasteiger charge is -2.31. The van der Waals surface area contributed by atoms with Crippen LogP contribution in [0.25, 0.3) is 0 Å². The molecule has 0 aliphatic carbocycles. The topological polar surface area (TPSA) is 15.3 Å². The largest absolute Gasteiger partial charge is 0.312 e. The van der Waals surface area contributed by atoms with Gasteiger partial charge in [0.2, 0.25) is 0 Å². The second-order valence-electron chi connectivity index (χ2n) is 4.22. The Kier molecular flexibility index (Phi) is 3.99. The number of halogens is 1. The molecule has 1 fully saturated rings. The van der Waals surface area contributed by atoms with E-state index in [0.717, 1.165) is 26.2 Å². The maximum atomic E-state index is 3.47. The van der Waals surface area contributed by atoms with Crippen molar-refractivity contribution < 1.29 is 0 Å². The second kappa shape index (κ2) is 5.27. The fourth-order valence-corrected chi connectivity index (χ4v) is 2.66. The van der Waals surface area contributed by atoms with Gasteiger partial charge in [0.05, 0.1) is 0 Å². The highest BCUT2D eigenvalue weighted by Gasteiger charge is 2.15. The molecule has 3 heteroatoms. The third kappa shape index (κ3) is 3.43. The summed E-state index contributed by atoms with van der Waals surface area (Å²) in [6, 6.07) is 9.40. The minimum Gasteiger partial charge on any atom is -0.312 e. The molecule has 1 aliphatic rings. The van der Waals surface area contributed by atoms with E-state index in [1.807, 2.05) is 0 Å². The van der Waals surface area contributed by atoms with Crippen LogP contribution in [0.15, 0.2) is 24.3 Å². The van der Waals surface area contributed by atoms with Crippen molar-refractivity contribution in [2.45, 2.75) is 19.5 Å². The number of rotatable bonds is 2. The lowest BCUT2D eigenvalue weighted by molar-refractivity contribution is 0.199. The van der Waals surface area contributed by atoms with E-state index in [-0.39, 0.29) is 0 Å². The molecular formula is C12H17IN2. The first-order valence-corrected chi connectivity index (χ1v) is 6.52. The zero-order valence-electron chi connectivity index (χ0n) is 9.04. The SMILES string of the molecule is C[C@H]1CN(Cc2cccc(I)c2)CCN1. The van der Waals surface area contributed by atoms with Gasteiger partial charge in [-0.1, -0.05) is 12.1 Å². The standard InChI is InChI=1S/C12H17IN2/c1-10-8-15(6-5-14-10)9-11-3-2-4-12(13)7-11/h2-4,7,10,14H,5-6,8-9H2,1H3/t10-/m0/s1. The fourth-order valence-electron chi connectivity index (χ4n) is 2.05. The fraction of sp³-hybridized carbons (Fsp3) is 0.500. The normalized spacial score (nSPS) is 22.9. The summed E-state index contributed by atoms with van der Waals surface area (Å²) in [5.74, 6) is 0. The highest BCUT2D eigenvalue weighted by molar-refractivity contribution is 14.1. The van der Waals surface area contributed by atoms with Crippen LogP contribution in [-0.2, 0) is 6.54 Å². The molecule has 2 rings (SSSR count). The first kappa shape index (κ1) is 11.4. The molecule has 0 saturated carbocycles. The summed E-state index contributed by atoms with van der Waals surface area (Å²) in [6.07, 6.45) is 0. The first-order chi connectivity index (χ1) is 7.24. The number of nitrogens with one attached hydrogen (secondary N) is 1. The third-order valence-electron chi connectivity index (χ3n) is 2.75. The molecule has 1 atom stereocenters. The Labute approximate surface area is 105 Å². The van der Waals surface area contributed by atoms with Gasteiger partial charge in [0, 0.05) is 35.8 Å². The van der Waals surface area contributed by atoms with Gasteiger partial charge >= 0.3 is 0 Å². The van der Waals surface area contributed by atoms with Crippen molar-refractivity contribution in [2.75, 3.05) is 19.6 Å². The van der Waals surface area contributed by atoms with E-state index in [9.17, 15) is 0 Å². The van der Waals surface area contributed by atoms with Crippen molar-refractivity contribution in [1.82, 2.24) is 10.2 Å². The Bertz CT molecular complexity index is 327. The summed E-state index contributed by atoms with van der Waals surface area (Å²) in [4.78, 5) is 2.52. The number of benzene rings is 1. The predicted molar refractivity (Wildman–Crippen MR) is 71.9 cm³/mol. The van der Waals surface area contributed by atoms with Crippen molar-refractivity contribution in [3.05, 3.63) is 33.4 Å². The monoisotopic (exact) mass is 316 g/mol. The summed E-state index contributed by atoms with van der Waals surface area (Å²) in [7, 11) is 0. The Morgan fingerprint density at radius 3 is 3.13 bits per heavy atom. The number of hydrogen-bond donors (Lipinski definition) is 1. The predicted octanol–water partition coefficient (Wildman–Crippen LogP) is 2.08. The van der Waals surface area contributed by atoms with Crippen LogP contribution in [0.5, 0.6) is 0 Å². The maximum Gasteiger partial charge on any atom is 0.0235 e. The Morgan fingerprint density at radius 2 is 2.40 bits per heavy atom. The molecule has 0 unspecified atom stereocenters. The van der Waals surface area contributed by atoms with Crippen LogP contribution >= 0.6 is 22.6 Å². The molecule has 0 amide bonds. The van der Waals surface area contributed by atoms with Gasteiger partial charge in [0.15, 0.2) is 0 Å². The summed E-state index contributed by atoms with van der Waals surface area (Å²) < 4.78 is 1.33. The Hall–Kier alpha value is -0.130. The van der Waals surface area contributed by atoms with Gasteiger partial charge < -0.3 is 5.32 Å². The van der Waals surface area contributed by atoms with E-state index < -0.39 is 0 Å². The molecule has 0 spiro atoms. The summed E-state index contributed by atoms with van der Waals surface area (Å²) in [5.41, 5.74) is 1.43. The number of hydrogen-bond acceptors (Lipinski definition) is 2. The molecule has 1 N–H and O–H groups in total. The third-order valence-corrected chi connectivity index (χ3v) is 3.42. The highest BCUT2D eigenvalue weighted by atomic mass is 127. The molecule has 1 aliphatic heterocycles. The van der Waals surface area contributed by atoms with E-state index in [1.54, 1.807) is 0 Å². The molecule has 0 radical (unpaired) electrons. The van der Waals surface area contributed by atoms with Gasteiger partial charge in [-0.2, -0.15) is 0 Å². The van der Waals surface area contributed by atoms with Crippen molar-refractivity contribution in [3.8, 4) is 0 Å². The van der Waals surface area contributed by atoms with E-state index >= 15 is 0 Å². The molecule has 1 aromatic rings. The van der Waals surface area contributed by atoms with E-state index in [2.05, 4.69) is 64.0 Å². The van der Waals surface area contributed by atoms with Crippen LogP contribution in [0.3, 0.4) is 0 Å². The van der Waals surface area contributed by atoms with Crippen LogP contribution in [0.4, 0.5) is 0 Å². The van der Waals surface area contributed by atoms with Crippen LogP contribution in [-0.4, -0.2) is 30.6 Å². The Morgan fingerprint density at radius 1 is 1.53 bits per heavy atom.